The molecule has 1 heterocycles. The second kappa shape index (κ2) is 6.74. The summed E-state index contributed by atoms with van der Waals surface area (Å²) in [7, 11) is -3.70. The van der Waals surface area contributed by atoms with Crippen LogP contribution in [0, 0.1) is 5.92 Å². The first kappa shape index (κ1) is 16.9. The first-order chi connectivity index (χ1) is 10.3. The molecule has 7 nitrogen and oxygen atoms in total. The molecule has 0 spiro atoms. The van der Waals surface area contributed by atoms with Gasteiger partial charge in [-0.25, -0.2) is 10.1 Å². The van der Waals surface area contributed by atoms with Crippen molar-refractivity contribution in [1.29, 1.82) is 0 Å². The van der Waals surface area contributed by atoms with Crippen molar-refractivity contribution in [2.75, 3.05) is 13.1 Å². The molecule has 1 aromatic rings. The number of hydrogen-bond acceptors (Lipinski definition) is 4. The number of carbonyl (C=O) groups is 1. The molecule has 2 rings (SSSR count). The quantitative estimate of drug-likeness (QED) is 0.620. The summed E-state index contributed by atoms with van der Waals surface area (Å²) in [5, 5.41) is 5.56. The molecule has 0 aromatic heterocycles. The Morgan fingerprint density at radius 1 is 1.32 bits per heavy atom. The van der Waals surface area contributed by atoms with E-state index in [4.69, 9.17) is 22.5 Å². The molecule has 0 unspecified atom stereocenters. The fourth-order valence-corrected chi connectivity index (χ4v) is 3.23. The lowest BCUT2D eigenvalue weighted by Gasteiger charge is -2.28. The van der Waals surface area contributed by atoms with E-state index in [0.717, 1.165) is 4.31 Å². The van der Waals surface area contributed by atoms with E-state index in [0.29, 0.717) is 23.6 Å². The molecule has 0 amide bonds. The second-order valence-corrected chi connectivity index (χ2v) is 7.04. The maximum Gasteiger partial charge on any atom is 0.276 e. The molecule has 0 saturated carbocycles. The van der Waals surface area contributed by atoms with E-state index >= 15 is 0 Å². The lowest BCUT2D eigenvalue weighted by Crippen LogP contribution is -2.45. The van der Waals surface area contributed by atoms with Gasteiger partial charge in [-0.1, -0.05) is 17.7 Å². The van der Waals surface area contributed by atoms with Gasteiger partial charge in [0.2, 0.25) is 5.78 Å². The number of benzene rings is 1. The molecule has 0 bridgehead atoms. The molecule has 0 atom stereocenters. The summed E-state index contributed by atoms with van der Waals surface area (Å²) in [6.45, 7) is 0.416. The van der Waals surface area contributed by atoms with E-state index in [9.17, 15) is 13.2 Å². The van der Waals surface area contributed by atoms with Crippen molar-refractivity contribution in [3.8, 4) is 0 Å². The fraction of sp³-hybridized carbons (Fsp3) is 0.385. The van der Waals surface area contributed by atoms with Crippen LogP contribution in [0.2, 0.25) is 5.02 Å². The van der Waals surface area contributed by atoms with Crippen molar-refractivity contribution in [3.05, 3.63) is 29.3 Å². The van der Waals surface area contributed by atoms with Crippen LogP contribution in [0.3, 0.4) is 0 Å². The highest BCUT2D eigenvalue weighted by molar-refractivity contribution is 7.86. The second-order valence-electron chi connectivity index (χ2n) is 5.06. The maximum atomic E-state index is 12.3. The average molecular weight is 345 g/mol. The van der Waals surface area contributed by atoms with Crippen molar-refractivity contribution in [3.63, 3.8) is 0 Å². The minimum atomic E-state index is -3.70. The number of aliphatic imine (C=N–C) groups is 1. The predicted molar refractivity (Wildman–Crippen MR) is 85.1 cm³/mol. The third kappa shape index (κ3) is 4.26. The number of nitrogens with zero attached hydrogens (tertiary/aromatic N) is 2. The van der Waals surface area contributed by atoms with Gasteiger partial charge in [-0.15, -0.1) is 0 Å². The normalized spacial score (nSPS) is 18.4. The third-order valence-electron chi connectivity index (χ3n) is 3.49. The van der Waals surface area contributed by atoms with E-state index in [1.165, 1.54) is 0 Å². The number of ketones is 1. The highest BCUT2D eigenvalue weighted by Crippen LogP contribution is 2.21. The van der Waals surface area contributed by atoms with E-state index in [2.05, 4.69) is 4.99 Å². The number of Topliss-reactive ketones (excluding diaryl/α,β-unsaturated/α-hetero) is 1. The minimum absolute atomic E-state index is 0.101. The van der Waals surface area contributed by atoms with Crippen LogP contribution >= 0.6 is 11.6 Å². The van der Waals surface area contributed by atoms with Crippen LogP contribution in [0.1, 0.15) is 12.8 Å². The number of carbonyl (C=O) groups excluding carboxylic acids is 1. The van der Waals surface area contributed by atoms with Gasteiger partial charge in [0.15, 0.2) is 5.84 Å². The SMILES string of the molecule is NC(=Nc1cccc(Cl)c1)C(=O)C1CCN(S(N)(=O)=O)CC1. The van der Waals surface area contributed by atoms with Gasteiger partial charge >= 0.3 is 0 Å². The molecule has 1 fully saturated rings. The zero-order chi connectivity index (χ0) is 16.3. The molecule has 1 aliphatic heterocycles. The largest absolute Gasteiger partial charge is 0.381 e. The van der Waals surface area contributed by atoms with E-state index < -0.39 is 10.2 Å². The fourth-order valence-electron chi connectivity index (χ4n) is 2.32. The van der Waals surface area contributed by atoms with Gasteiger partial charge in [-0.3, -0.25) is 4.79 Å². The van der Waals surface area contributed by atoms with Crippen LogP contribution in [0.25, 0.3) is 0 Å². The molecule has 22 heavy (non-hydrogen) atoms. The van der Waals surface area contributed by atoms with Gasteiger partial charge in [0.05, 0.1) is 5.69 Å². The van der Waals surface area contributed by atoms with Crippen LogP contribution in [-0.4, -0.2) is 37.4 Å². The summed E-state index contributed by atoms with van der Waals surface area (Å²) in [4.78, 5) is 16.3. The van der Waals surface area contributed by atoms with Crippen LogP contribution in [0.5, 0.6) is 0 Å². The molecular formula is C13H17ClN4O3S. The van der Waals surface area contributed by atoms with Crippen molar-refractivity contribution in [1.82, 2.24) is 4.31 Å². The number of rotatable bonds is 4. The Labute approximate surface area is 134 Å². The number of halogens is 1. The van der Waals surface area contributed by atoms with Gasteiger partial charge in [-0.2, -0.15) is 12.7 Å². The third-order valence-corrected chi connectivity index (χ3v) is 4.81. The number of piperidine rings is 1. The minimum Gasteiger partial charge on any atom is -0.381 e. The predicted octanol–water partition coefficient (Wildman–Crippen LogP) is 0.813. The van der Waals surface area contributed by atoms with Gasteiger partial charge < -0.3 is 5.73 Å². The molecule has 0 radical (unpaired) electrons. The first-order valence-corrected chi connectivity index (χ1v) is 8.57. The van der Waals surface area contributed by atoms with Gasteiger partial charge in [0.1, 0.15) is 0 Å². The van der Waals surface area contributed by atoms with Crippen LogP contribution in [0.4, 0.5) is 5.69 Å². The van der Waals surface area contributed by atoms with Crippen LogP contribution < -0.4 is 10.9 Å². The monoisotopic (exact) mass is 344 g/mol. The molecule has 4 N–H and O–H groups in total. The number of nitrogens with two attached hydrogens (primary N) is 2. The summed E-state index contributed by atoms with van der Waals surface area (Å²) >= 11 is 5.85. The highest BCUT2D eigenvalue weighted by Gasteiger charge is 2.30. The Balaban J connectivity index is 2.03. The van der Waals surface area contributed by atoms with E-state index in [1.54, 1.807) is 24.3 Å². The topological polar surface area (TPSA) is 119 Å². The molecular weight excluding hydrogens is 328 g/mol. The first-order valence-electron chi connectivity index (χ1n) is 6.69. The molecule has 1 saturated heterocycles. The maximum absolute atomic E-state index is 12.3. The average Bonchev–Trinajstić information content (AvgIpc) is 2.45. The van der Waals surface area contributed by atoms with E-state index in [1.807, 2.05) is 0 Å². The Kier molecular flexibility index (Phi) is 5.17. The van der Waals surface area contributed by atoms with Gasteiger partial charge in [0.25, 0.3) is 10.2 Å². The molecule has 1 aliphatic rings. The molecule has 120 valence electrons. The Morgan fingerprint density at radius 3 is 2.50 bits per heavy atom. The molecule has 9 heteroatoms. The number of hydrogen-bond donors (Lipinski definition) is 2. The summed E-state index contributed by atoms with van der Waals surface area (Å²) in [5.74, 6) is -0.730. The van der Waals surface area contributed by atoms with Crippen LogP contribution in [0.15, 0.2) is 29.3 Å². The van der Waals surface area contributed by atoms with E-state index in [-0.39, 0.29) is 30.6 Å². The Morgan fingerprint density at radius 2 is 1.95 bits per heavy atom. The van der Waals surface area contributed by atoms with Crippen molar-refractivity contribution in [2.45, 2.75) is 12.8 Å². The van der Waals surface area contributed by atoms with Crippen LogP contribution in [-0.2, 0) is 15.0 Å². The Bertz CT molecular complexity index is 697. The van der Waals surface area contributed by atoms with Gasteiger partial charge in [0, 0.05) is 24.0 Å². The number of amidine groups is 1. The summed E-state index contributed by atoms with van der Waals surface area (Å²) in [5.41, 5.74) is 6.25. The lowest BCUT2D eigenvalue weighted by atomic mass is 9.93. The van der Waals surface area contributed by atoms with Crippen molar-refractivity contribution in [2.24, 2.45) is 21.8 Å². The van der Waals surface area contributed by atoms with Gasteiger partial charge in [-0.05, 0) is 31.0 Å². The zero-order valence-electron chi connectivity index (χ0n) is 11.8. The molecule has 0 aliphatic carbocycles. The lowest BCUT2D eigenvalue weighted by molar-refractivity contribution is -0.117. The smallest absolute Gasteiger partial charge is 0.276 e. The zero-order valence-corrected chi connectivity index (χ0v) is 13.3. The molecule has 1 aromatic carbocycles. The summed E-state index contributed by atoms with van der Waals surface area (Å²) in [6, 6.07) is 6.70. The van der Waals surface area contributed by atoms with Crippen molar-refractivity contribution < 1.29 is 13.2 Å². The summed E-state index contributed by atoms with van der Waals surface area (Å²) < 4.78 is 23.6. The Hall–Kier alpha value is -1.48. The summed E-state index contributed by atoms with van der Waals surface area (Å²) in [6.07, 6.45) is 0.752. The van der Waals surface area contributed by atoms with Crippen molar-refractivity contribution >= 4 is 39.1 Å². The highest BCUT2D eigenvalue weighted by atomic mass is 35.5. The standard InChI is InChI=1S/C13H17ClN4O3S/c14-10-2-1-3-11(8-10)17-13(15)12(19)9-4-6-18(7-5-9)22(16,20)21/h1-3,8-9H,4-7H2,(H2,15,17)(H2,16,20,21).